The normalized spacial score (nSPS) is 14.8. The SMILES string of the molecule is COCCNCC(C)(O)c1cnccc1C. The summed E-state index contributed by atoms with van der Waals surface area (Å²) in [6.07, 6.45) is 3.45. The van der Waals surface area contributed by atoms with Gasteiger partial charge >= 0.3 is 0 Å². The molecule has 1 atom stereocenters. The third-order valence-corrected chi connectivity index (χ3v) is 2.57. The van der Waals surface area contributed by atoms with Crippen molar-refractivity contribution < 1.29 is 9.84 Å². The van der Waals surface area contributed by atoms with Crippen LogP contribution in [0.15, 0.2) is 18.5 Å². The molecule has 0 saturated heterocycles. The summed E-state index contributed by atoms with van der Waals surface area (Å²) in [6, 6.07) is 1.90. The van der Waals surface area contributed by atoms with Crippen LogP contribution in [0.5, 0.6) is 0 Å². The second-order valence-corrected chi connectivity index (χ2v) is 4.13. The Labute approximate surface area is 96.7 Å². The summed E-state index contributed by atoms with van der Waals surface area (Å²) < 4.78 is 4.93. The van der Waals surface area contributed by atoms with Crippen molar-refractivity contribution >= 4 is 0 Å². The molecule has 90 valence electrons. The quantitative estimate of drug-likeness (QED) is 0.703. The lowest BCUT2D eigenvalue weighted by molar-refractivity contribution is 0.0540. The lowest BCUT2D eigenvalue weighted by Gasteiger charge is -2.25. The number of methoxy groups -OCH3 is 1. The molecule has 1 aromatic rings. The van der Waals surface area contributed by atoms with Gasteiger partial charge in [0.05, 0.1) is 6.61 Å². The predicted octanol–water partition coefficient (Wildman–Crippen LogP) is 0.834. The number of nitrogens with one attached hydrogen (secondary N) is 1. The summed E-state index contributed by atoms with van der Waals surface area (Å²) in [4.78, 5) is 4.04. The first-order valence-electron chi connectivity index (χ1n) is 5.41. The van der Waals surface area contributed by atoms with E-state index in [2.05, 4.69) is 10.3 Å². The molecule has 0 aromatic carbocycles. The molecule has 0 spiro atoms. The Morgan fingerprint density at radius 3 is 2.94 bits per heavy atom. The van der Waals surface area contributed by atoms with Gasteiger partial charge in [-0.15, -0.1) is 0 Å². The summed E-state index contributed by atoms with van der Waals surface area (Å²) in [6.45, 7) is 5.62. The fourth-order valence-electron chi connectivity index (χ4n) is 1.63. The van der Waals surface area contributed by atoms with E-state index in [4.69, 9.17) is 4.74 Å². The number of hydrogen-bond acceptors (Lipinski definition) is 4. The van der Waals surface area contributed by atoms with Gasteiger partial charge in [-0.05, 0) is 25.5 Å². The largest absolute Gasteiger partial charge is 0.384 e. The number of ether oxygens (including phenoxy) is 1. The molecule has 1 heterocycles. The maximum absolute atomic E-state index is 10.3. The average molecular weight is 224 g/mol. The molecule has 0 aliphatic heterocycles. The van der Waals surface area contributed by atoms with Crippen molar-refractivity contribution in [2.45, 2.75) is 19.4 Å². The van der Waals surface area contributed by atoms with Gasteiger partial charge in [0.2, 0.25) is 0 Å². The molecule has 0 radical (unpaired) electrons. The average Bonchev–Trinajstić information content (AvgIpc) is 2.25. The third kappa shape index (κ3) is 3.56. The van der Waals surface area contributed by atoms with Crippen LogP contribution < -0.4 is 5.32 Å². The fraction of sp³-hybridized carbons (Fsp3) is 0.583. The summed E-state index contributed by atoms with van der Waals surface area (Å²) in [5.41, 5.74) is 1.01. The zero-order chi connectivity index (χ0) is 12.0. The summed E-state index contributed by atoms with van der Waals surface area (Å²) in [7, 11) is 1.66. The molecule has 4 nitrogen and oxygen atoms in total. The topological polar surface area (TPSA) is 54.4 Å². The molecular weight excluding hydrogens is 204 g/mol. The van der Waals surface area contributed by atoms with Crippen LogP contribution in [0, 0.1) is 6.92 Å². The van der Waals surface area contributed by atoms with Gasteiger partial charge in [0.25, 0.3) is 0 Å². The molecule has 1 rings (SSSR count). The Hall–Kier alpha value is -0.970. The van der Waals surface area contributed by atoms with Crippen molar-refractivity contribution in [1.29, 1.82) is 0 Å². The molecule has 0 fully saturated rings. The van der Waals surface area contributed by atoms with Crippen molar-refractivity contribution in [2.75, 3.05) is 26.8 Å². The van der Waals surface area contributed by atoms with E-state index < -0.39 is 5.60 Å². The first kappa shape index (κ1) is 13.1. The lowest BCUT2D eigenvalue weighted by atomic mass is 9.94. The number of rotatable bonds is 6. The zero-order valence-electron chi connectivity index (χ0n) is 10.2. The maximum atomic E-state index is 10.3. The zero-order valence-corrected chi connectivity index (χ0v) is 10.2. The number of nitrogens with zero attached hydrogens (tertiary/aromatic N) is 1. The summed E-state index contributed by atoms with van der Waals surface area (Å²) >= 11 is 0. The van der Waals surface area contributed by atoms with Crippen LogP contribution >= 0.6 is 0 Å². The summed E-state index contributed by atoms with van der Waals surface area (Å²) in [5, 5.41) is 13.5. The monoisotopic (exact) mass is 224 g/mol. The van der Waals surface area contributed by atoms with Crippen LogP contribution in [-0.2, 0) is 10.3 Å². The Balaban J connectivity index is 2.59. The Kier molecular flexibility index (Phi) is 4.86. The highest BCUT2D eigenvalue weighted by atomic mass is 16.5. The molecule has 2 N–H and O–H groups in total. The van der Waals surface area contributed by atoms with E-state index in [1.165, 1.54) is 0 Å². The van der Waals surface area contributed by atoms with Crippen LogP contribution in [0.1, 0.15) is 18.1 Å². The molecular formula is C12H20N2O2. The standard InChI is InChI=1S/C12H20N2O2/c1-10-4-5-13-8-11(10)12(2,15)9-14-6-7-16-3/h4-5,8,14-15H,6-7,9H2,1-3H3. The number of aliphatic hydroxyl groups is 1. The Morgan fingerprint density at radius 1 is 1.56 bits per heavy atom. The number of aromatic nitrogens is 1. The smallest absolute Gasteiger partial charge is 0.101 e. The van der Waals surface area contributed by atoms with Crippen LogP contribution in [0.4, 0.5) is 0 Å². The number of pyridine rings is 1. The van der Waals surface area contributed by atoms with Gasteiger partial charge in [-0.2, -0.15) is 0 Å². The number of aryl methyl sites for hydroxylation is 1. The molecule has 0 saturated carbocycles. The minimum absolute atomic E-state index is 0.489. The lowest BCUT2D eigenvalue weighted by Crippen LogP contribution is -2.37. The maximum Gasteiger partial charge on any atom is 0.101 e. The van der Waals surface area contributed by atoms with Crippen LogP contribution in [-0.4, -0.2) is 36.9 Å². The van der Waals surface area contributed by atoms with E-state index in [0.29, 0.717) is 13.2 Å². The predicted molar refractivity (Wildman–Crippen MR) is 63.3 cm³/mol. The molecule has 1 unspecified atom stereocenters. The Morgan fingerprint density at radius 2 is 2.31 bits per heavy atom. The second kappa shape index (κ2) is 5.94. The van der Waals surface area contributed by atoms with Crippen molar-refractivity contribution in [3.63, 3.8) is 0 Å². The third-order valence-electron chi connectivity index (χ3n) is 2.57. The minimum atomic E-state index is -0.897. The van der Waals surface area contributed by atoms with E-state index >= 15 is 0 Å². The molecule has 1 aromatic heterocycles. The van der Waals surface area contributed by atoms with Gasteiger partial charge in [0, 0.05) is 38.2 Å². The van der Waals surface area contributed by atoms with Crippen LogP contribution in [0.2, 0.25) is 0 Å². The first-order chi connectivity index (χ1) is 7.58. The van der Waals surface area contributed by atoms with Gasteiger partial charge in [-0.3, -0.25) is 4.98 Å². The molecule has 0 amide bonds. The number of hydrogen-bond donors (Lipinski definition) is 2. The van der Waals surface area contributed by atoms with E-state index in [9.17, 15) is 5.11 Å². The van der Waals surface area contributed by atoms with E-state index in [-0.39, 0.29) is 0 Å². The molecule has 16 heavy (non-hydrogen) atoms. The molecule has 4 heteroatoms. The van der Waals surface area contributed by atoms with E-state index in [1.807, 2.05) is 13.0 Å². The molecule has 0 bridgehead atoms. The minimum Gasteiger partial charge on any atom is -0.384 e. The van der Waals surface area contributed by atoms with Crippen LogP contribution in [0.3, 0.4) is 0 Å². The van der Waals surface area contributed by atoms with Gasteiger partial charge in [0.15, 0.2) is 0 Å². The van der Waals surface area contributed by atoms with Crippen molar-refractivity contribution in [3.8, 4) is 0 Å². The van der Waals surface area contributed by atoms with Crippen LogP contribution in [0.25, 0.3) is 0 Å². The van der Waals surface area contributed by atoms with E-state index in [0.717, 1.165) is 17.7 Å². The van der Waals surface area contributed by atoms with Gasteiger partial charge < -0.3 is 15.2 Å². The fourth-order valence-corrected chi connectivity index (χ4v) is 1.63. The Bertz CT molecular complexity index is 327. The van der Waals surface area contributed by atoms with Crippen molar-refractivity contribution in [3.05, 3.63) is 29.6 Å². The molecule has 0 aliphatic rings. The molecule has 0 aliphatic carbocycles. The highest BCUT2D eigenvalue weighted by Gasteiger charge is 2.24. The van der Waals surface area contributed by atoms with E-state index in [1.54, 1.807) is 26.4 Å². The summed E-state index contributed by atoms with van der Waals surface area (Å²) in [5.74, 6) is 0. The highest BCUT2D eigenvalue weighted by molar-refractivity contribution is 5.27. The first-order valence-corrected chi connectivity index (χ1v) is 5.41. The van der Waals surface area contributed by atoms with Gasteiger partial charge in [0.1, 0.15) is 5.60 Å². The second-order valence-electron chi connectivity index (χ2n) is 4.13. The van der Waals surface area contributed by atoms with Gasteiger partial charge in [-0.25, -0.2) is 0 Å². The van der Waals surface area contributed by atoms with Gasteiger partial charge in [-0.1, -0.05) is 0 Å². The highest BCUT2D eigenvalue weighted by Crippen LogP contribution is 2.21. The van der Waals surface area contributed by atoms with Crippen molar-refractivity contribution in [1.82, 2.24) is 10.3 Å². The van der Waals surface area contributed by atoms with Crippen molar-refractivity contribution in [2.24, 2.45) is 0 Å².